The van der Waals surface area contributed by atoms with Crippen molar-refractivity contribution in [3.05, 3.63) is 46.4 Å². The minimum atomic E-state index is -4.42. The van der Waals surface area contributed by atoms with Crippen molar-refractivity contribution in [2.75, 3.05) is 19.8 Å². The summed E-state index contributed by atoms with van der Waals surface area (Å²) >= 11 is 0. The second kappa shape index (κ2) is 6.28. The molecule has 2 N–H and O–H groups in total. The van der Waals surface area contributed by atoms with Crippen molar-refractivity contribution in [1.29, 1.82) is 0 Å². The molecule has 1 aromatic carbocycles. The van der Waals surface area contributed by atoms with Crippen molar-refractivity contribution >= 4 is 10.8 Å². The SMILES string of the molecule is NCCOCCn1ccc2cc(C(F)(F)F)ccc2c1=O. The van der Waals surface area contributed by atoms with Gasteiger partial charge in [0.1, 0.15) is 0 Å². The van der Waals surface area contributed by atoms with Crippen LogP contribution in [0.3, 0.4) is 0 Å². The van der Waals surface area contributed by atoms with Gasteiger partial charge in [0, 0.05) is 24.7 Å². The summed E-state index contributed by atoms with van der Waals surface area (Å²) in [6, 6.07) is 4.59. The van der Waals surface area contributed by atoms with Crippen LogP contribution < -0.4 is 11.3 Å². The third kappa shape index (κ3) is 3.62. The van der Waals surface area contributed by atoms with Crippen LogP contribution in [0.1, 0.15) is 5.56 Å². The lowest BCUT2D eigenvalue weighted by Gasteiger charge is -2.10. The molecule has 1 heterocycles. The summed E-state index contributed by atoms with van der Waals surface area (Å²) in [6.45, 7) is 1.45. The van der Waals surface area contributed by atoms with E-state index >= 15 is 0 Å². The summed E-state index contributed by atoms with van der Waals surface area (Å²) in [5.74, 6) is 0. The molecular weight excluding hydrogens is 285 g/mol. The molecule has 0 saturated heterocycles. The van der Waals surface area contributed by atoms with Gasteiger partial charge < -0.3 is 15.0 Å². The van der Waals surface area contributed by atoms with Crippen molar-refractivity contribution in [2.24, 2.45) is 5.73 Å². The number of hydrogen-bond acceptors (Lipinski definition) is 3. The molecule has 7 heteroatoms. The lowest BCUT2D eigenvalue weighted by molar-refractivity contribution is -0.137. The molecule has 0 radical (unpaired) electrons. The zero-order valence-corrected chi connectivity index (χ0v) is 11.2. The van der Waals surface area contributed by atoms with E-state index in [0.29, 0.717) is 26.3 Å². The molecule has 0 atom stereocenters. The zero-order chi connectivity index (χ0) is 15.5. The average molecular weight is 300 g/mol. The monoisotopic (exact) mass is 300 g/mol. The lowest BCUT2D eigenvalue weighted by Crippen LogP contribution is -2.22. The predicted molar refractivity (Wildman–Crippen MR) is 73.1 cm³/mol. The third-order valence-electron chi connectivity index (χ3n) is 3.04. The normalized spacial score (nSPS) is 12.0. The van der Waals surface area contributed by atoms with Crippen LogP contribution in [0.5, 0.6) is 0 Å². The Labute approximate surface area is 118 Å². The molecule has 2 aromatic rings. The second-order valence-corrected chi connectivity index (χ2v) is 4.52. The highest BCUT2D eigenvalue weighted by atomic mass is 19.4. The van der Waals surface area contributed by atoms with Gasteiger partial charge in [-0.2, -0.15) is 13.2 Å². The Morgan fingerprint density at radius 3 is 2.62 bits per heavy atom. The zero-order valence-electron chi connectivity index (χ0n) is 11.2. The molecule has 1 aromatic heterocycles. The topological polar surface area (TPSA) is 57.2 Å². The summed E-state index contributed by atoms with van der Waals surface area (Å²) in [5, 5.41) is 0.526. The highest BCUT2D eigenvalue weighted by molar-refractivity contribution is 5.82. The van der Waals surface area contributed by atoms with Crippen LogP contribution in [-0.4, -0.2) is 24.3 Å². The molecule has 0 fully saturated rings. The van der Waals surface area contributed by atoms with Crippen LogP contribution in [0.4, 0.5) is 13.2 Å². The minimum Gasteiger partial charge on any atom is -0.378 e. The van der Waals surface area contributed by atoms with E-state index in [1.54, 1.807) is 0 Å². The first kappa shape index (κ1) is 15.5. The van der Waals surface area contributed by atoms with E-state index < -0.39 is 11.7 Å². The molecule has 0 aliphatic heterocycles. The van der Waals surface area contributed by atoms with Gasteiger partial charge in [-0.1, -0.05) is 0 Å². The molecule has 0 aliphatic carbocycles. The Bertz CT molecular complexity index is 680. The molecule has 21 heavy (non-hydrogen) atoms. The van der Waals surface area contributed by atoms with E-state index in [1.807, 2.05) is 0 Å². The van der Waals surface area contributed by atoms with Crippen molar-refractivity contribution in [1.82, 2.24) is 4.57 Å². The Kier molecular flexibility index (Phi) is 4.64. The van der Waals surface area contributed by atoms with E-state index in [-0.39, 0.29) is 16.3 Å². The third-order valence-corrected chi connectivity index (χ3v) is 3.04. The second-order valence-electron chi connectivity index (χ2n) is 4.52. The first-order valence-corrected chi connectivity index (χ1v) is 6.41. The van der Waals surface area contributed by atoms with Gasteiger partial charge in [-0.05, 0) is 29.7 Å². The summed E-state index contributed by atoms with van der Waals surface area (Å²) in [6.07, 6.45) is -2.95. The van der Waals surface area contributed by atoms with E-state index in [2.05, 4.69) is 0 Å². The number of rotatable bonds is 5. The molecule has 0 amide bonds. The number of nitrogens with zero attached hydrogens (tertiary/aromatic N) is 1. The van der Waals surface area contributed by atoms with Crippen molar-refractivity contribution in [2.45, 2.75) is 12.7 Å². The number of halogens is 3. The molecule has 0 unspecified atom stereocenters. The number of fused-ring (bicyclic) bond motifs is 1. The molecule has 0 spiro atoms. The summed E-state index contributed by atoms with van der Waals surface area (Å²) in [4.78, 5) is 12.2. The Morgan fingerprint density at radius 1 is 1.19 bits per heavy atom. The fourth-order valence-corrected chi connectivity index (χ4v) is 1.99. The van der Waals surface area contributed by atoms with Crippen LogP contribution in [0.2, 0.25) is 0 Å². The van der Waals surface area contributed by atoms with Crippen molar-refractivity contribution < 1.29 is 17.9 Å². The van der Waals surface area contributed by atoms with Gasteiger partial charge in [-0.15, -0.1) is 0 Å². The minimum absolute atomic E-state index is 0.254. The molecule has 2 rings (SSSR count). The molecule has 4 nitrogen and oxygen atoms in total. The number of benzene rings is 1. The first-order valence-electron chi connectivity index (χ1n) is 6.41. The quantitative estimate of drug-likeness (QED) is 0.859. The predicted octanol–water partition coefficient (Wildman–Crippen LogP) is 2.00. The molecular formula is C14H15F3N2O2. The Morgan fingerprint density at radius 2 is 1.95 bits per heavy atom. The van der Waals surface area contributed by atoms with Gasteiger partial charge in [0.15, 0.2) is 0 Å². The summed E-state index contributed by atoms with van der Waals surface area (Å²) in [7, 11) is 0. The standard InChI is InChI=1S/C14H15F3N2O2/c15-14(16,17)11-1-2-12-10(9-11)3-5-19(13(12)20)6-8-21-7-4-18/h1-3,5,9H,4,6-8,18H2. The Hall–Kier alpha value is -1.86. The molecule has 0 saturated carbocycles. The van der Waals surface area contributed by atoms with Crippen LogP contribution >= 0.6 is 0 Å². The molecule has 114 valence electrons. The Balaban J connectivity index is 2.29. The van der Waals surface area contributed by atoms with Gasteiger partial charge in [0.2, 0.25) is 0 Å². The maximum Gasteiger partial charge on any atom is 0.416 e. The number of ether oxygens (including phenoxy) is 1. The lowest BCUT2D eigenvalue weighted by atomic mass is 10.1. The maximum absolute atomic E-state index is 12.6. The number of alkyl halides is 3. The van der Waals surface area contributed by atoms with E-state index in [0.717, 1.165) is 12.1 Å². The summed E-state index contributed by atoms with van der Waals surface area (Å²) < 4.78 is 44.5. The van der Waals surface area contributed by atoms with Crippen molar-refractivity contribution in [3.63, 3.8) is 0 Å². The fourth-order valence-electron chi connectivity index (χ4n) is 1.99. The first-order chi connectivity index (χ1) is 9.93. The van der Waals surface area contributed by atoms with Gasteiger partial charge in [-0.25, -0.2) is 0 Å². The largest absolute Gasteiger partial charge is 0.416 e. The van der Waals surface area contributed by atoms with Crippen LogP contribution in [-0.2, 0) is 17.5 Å². The number of aromatic nitrogens is 1. The van der Waals surface area contributed by atoms with E-state index in [1.165, 1.54) is 22.9 Å². The van der Waals surface area contributed by atoms with Crippen LogP contribution in [0, 0.1) is 0 Å². The van der Waals surface area contributed by atoms with Gasteiger partial charge >= 0.3 is 6.18 Å². The molecule has 0 bridgehead atoms. The van der Waals surface area contributed by atoms with Gasteiger partial charge in [-0.3, -0.25) is 4.79 Å². The number of nitrogens with two attached hydrogens (primary N) is 1. The van der Waals surface area contributed by atoms with Gasteiger partial charge in [0.05, 0.1) is 18.8 Å². The van der Waals surface area contributed by atoms with Crippen LogP contribution in [0.15, 0.2) is 35.3 Å². The van der Waals surface area contributed by atoms with Crippen molar-refractivity contribution in [3.8, 4) is 0 Å². The van der Waals surface area contributed by atoms with E-state index in [9.17, 15) is 18.0 Å². The molecule has 0 aliphatic rings. The highest BCUT2D eigenvalue weighted by Crippen LogP contribution is 2.30. The van der Waals surface area contributed by atoms with Gasteiger partial charge in [0.25, 0.3) is 5.56 Å². The van der Waals surface area contributed by atoms with Crippen LogP contribution in [0.25, 0.3) is 10.8 Å². The average Bonchev–Trinajstić information content (AvgIpc) is 2.44. The number of hydrogen-bond donors (Lipinski definition) is 1. The maximum atomic E-state index is 12.6. The number of pyridine rings is 1. The smallest absolute Gasteiger partial charge is 0.378 e. The summed E-state index contributed by atoms with van der Waals surface area (Å²) in [5.41, 5.74) is 4.18. The fraction of sp³-hybridized carbons (Fsp3) is 0.357. The highest BCUT2D eigenvalue weighted by Gasteiger charge is 2.30. The van der Waals surface area contributed by atoms with E-state index in [4.69, 9.17) is 10.5 Å².